The Bertz CT molecular complexity index is 336. The van der Waals surface area contributed by atoms with Gasteiger partial charge in [0.25, 0.3) is 0 Å². The van der Waals surface area contributed by atoms with Crippen molar-refractivity contribution in [3.8, 4) is 0 Å². The number of nitrogens with one attached hydrogen (secondary N) is 1. The predicted octanol–water partition coefficient (Wildman–Crippen LogP) is 1.32. The minimum atomic E-state index is -0.486. The van der Waals surface area contributed by atoms with Crippen LogP contribution in [0.1, 0.15) is 47.5 Å². The summed E-state index contributed by atoms with van der Waals surface area (Å²) in [6.45, 7) is 10.7. The van der Waals surface area contributed by atoms with Crippen LogP contribution in [0.4, 0.5) is 0 Å². The van der Waals surface area contributed by atoms with Crippen LogP contribution in [-0.2, 0) is 14.3 Å². The number of nitrogens with zero attached hydrogens (tertiary/aromatic N) is 1. The van der Waals surface area contributed by atoms with Gasteiger partial charge < -0.3 is 10.1 Å². The first-order chi connectivity index (χ1) is 8.76. The van der Waals surface area contributed by atoms with Gasteiger partial charge in [-0.15, -0.1) is 0 Å². The van der Waals surface area contributed by atoms with Crippen molar-refractivity contribution in [2.45, 2.75) is 65.1 Å². The molecule has 1 amide bonds. The fraction of sp³-hybridized carbons (Fsp3) is 0.857. The first-order valence-electron chi connectivity index (χ1n) is 7.02. The van der Waals surface area contributed by atoms with Gasteiger partial charge in [-0.3, -0.25) is 14.5 Å². The Balaban J connectivity index is 2.68. The SMILES string of the molecule is CCNC(=O)C(C)N1CCC[C@@H]1C(=O)OC(C)(C)C. The van der Waals surface area contributed by atoms with Crippen LogP contribution in [0.15, 0.2) is 0 Å². The van der Waals surface area contributed by atoms with Crippen LogP contribution >= 0.6 is 0 Å². The van der Waals surface area contributed by atoms with Crippen LogP contribution in [0, 0.1) is 0 Å². The van der Waals surface area contributed by atoms with Gasteiger partial charge in [-0.1, -0.05) is 0 Å². The van der Waals surface area contributed by atoms with Gasteiger partial charge in [-0.05, 0) is 54.0 Å². The number of carbonyl (C=O) groups is 2. The first kappa shape index (κ1) is 16.0. The van der Waals surface area contributed by atoms with Crippen LogP contribution in [0.5, 0.6) is 0 Å². The maximum Gasteiger partial charge on any atom is 0.323 e. The summed E-state index contributed by atoms with van der Waals surface area (Å²) in [5.74, 6) is -0.251. The van der Waals surface area contributed by atoms with E-state index in [1.807, 2.05) is 39.5 Å². The van der Waals surface area contributed by atoms with Gasteiger partial charge in [-0.25, -0.2) is 0 Å². The topological polar surface area (TPSA) is 58.6 Å². The highest BCUT2D eigenvalue weighted by Gasteiger charge is 2.38. The molecule has 1 heterocycles. The Kier molecular flexibility index (Phi) is 5.35. The second-order valence-electron chi connectivity index (χ2n) is 6.00. The lowest BCUT2D eigenvalue weighted by atomic mass is 10.1. The smallest absolute Gasteiger partial charge is 0.323 e. The fourth-order valence-corrected chi connectivity index (χ4v) is 2.35. The van der Waals surface area contributed by atoms with Crippen LogP contribution in [0.2, 0.25) is 0 Å². The van der Waals surface area contributed by atoms with Crippen molar-refractivity contribution < 1.29 is 14.3 Å². The summed E-state index contributed by atoms with van der Waals surface area (Å²) in [4.78, 5) is 26.0. The highest BCUT2D eigenvalue weighted by atomic mass is 16.6. The number of hydrogen-bond acceptors (Lipinski definition) is 4. The summed E-state index contributed by atoms with van der Waals surface area (Å²) in [7, 11) is 0. The molecule has 1 aliphatic rings. The van der Waals surface area contributed by atoms with Gasteiger partial charge in [-0.2, -0.15) is 0 Å². The van der Waals surface area contributed by atoms with Crippen molar-refractivity contribution in [1.29, 1.82) is 0 Å². The standard InChI is InChI=1S/C14H26N2O3/c1-6-15-12(17)10(2)16-9-7-8-11(16)13(18)19-14(3,4)5/h10-11H,6-9H2,1-5H3,(H,15,17)/t10?,11-/m1/s1. The zero-order valence-electron chi connectivity index (χ0n) is 12.7. The van der Waals surface area contributed by atoms with E-state index < -0.39 is 5.60 Å². The molecule has 2 atom stereocenters. The Hall–Kier alpha value is -1.10. The molecule has 0 aromatic rings. The third kappa shape index (κ3) is 4.49. The van der Waals surface area contributed by atoms with Gasteiger partial charge in [0.1, 0.15) is 11.6 Å². The number of carbonyl (C=O) groups excluding carboxylic acids is 2. The molecule has 1 unspecified atom stereocenters. The second kappa shape index (κ2) is 6.37. The number of likely N-dealkylation sites (tertiary alicyclic amines) is 1. The molecule has 1 rings (SSSR count). The van der Waals surface area contributed by atoms with Crippen molar-refractivity contribution >= 4 is 11.9 Å². The molecule has 5 nitrogen and oxygen atoms in total. The van der Waals surface area contributed by atoms with Crippen LogP contribution in [0.3, 0.4) is 0 Å². The molecule has 1 aliphatic heterocycles. The quantitative estimate of drug-likeness (QED) is 0.783. The number of rotatable bonds is 4. The van der Waals surface area contributed by atoms with E-state index in [1.165, 1.54) is 0 Å². The first-order valence-corrected chi connectivity index (χ1v) is 7.02. The molecule has 0 bridgehead atoms. The molecule has 0 radical (unpaired) electrons. The Morgan fingerprint density at radius 1 is 1.42 bits per heavy atom. The van der Waals surface area contributed by atoms with Crippen LogP contribution in [0.25, 0.3) is 0 Å². The van der Waals surface area contributed by atoms with E-state index in [1.54, 1.807) is 0 Å². The fourth-order valence-electron chi connectivity index (χ4n) is 2.35. The molecule has 19 heavy (non-hydrogen) atoms. The molecule has 1 fully saturated rings. The second-order valence-corrected chi connectivity index (χ2v) is 6.00. The minimum absolute atomic E-state index is 0.0297. The highest BCUT2D eigenvalue weighted by molar-refractivity contribution is 5.83. The lowest BCUT2D eigenvalue weighted by Gasteiger charge is -2.30. The molecule has 0 aliphatic carbocycles. The normalized spacial score (nSPS) is 22.1. The third-order valence-electron chi connectivity index (χ3n) is 3.20. The molecular weight excluding hydrogens is 244 g/mol. The van der Waals surface area contributed by atoms with Crippen molar-refractivity contribution in [2.75, 3.05) is 13.1 Å². The maximum atomic E-state index is 12.2. The van der Waals surface area contributed by atoms with Crippen molar-refractivity contribution in [1.82, 2.24) is 10.2 Å². The minimum Gasteiger partial charge on any atom is -0.459 e. The van der Waals surface area contributed by atoms with Crippen molar-refractivity contribution in [3.05, 3.63) is 0 Å². The zero-order valence-corrected chi connectivity index (χ0v) is 12.7. The summed E-state index contributed by atoms with van der Waals surface area (Å²) in [6, 6.07) is -0.586. The number of amides is 1. The summed E-state index contributed by atoms with van der Waals surface area (Å²) in [6.07, 6.45) is 1.69. The summed E-state index contributed by atoms with van der Waals surface area (Å²) in [5, 5.41) is 2.80. The molecule has 5 heteroatoms. The molecule has 0 aromatic carbocycles. The van der Waals surface area contributed by atoms with Gasteiger partial charge in [0.05, 0.1) is 6.04 Å². The maximum absolute atomic E-state index is 12.2. The van der Waals surface area contributed by atoms with Crippen LogP contribution in [-0.4, -0.2) is 47.6 Å². The van der Waals surface area contributed by atoms with E-state index >= 15 is 0 Å². The highest BCUT2D eigenvalue weighted by Crippen LogP contribution is 2.23. The zero-order chi connectivity index (χ0) is 14.6. The monoisotopic (exact) mass is 270 g/mol. The number of esters is 1. The van der Waals surface area contributed by atoms with Gasteiger partial charge >= 0.3 is 5.97 Å². The number of likely N-dealkylation sites (N-methyl/N-ethyl adjacent to an activating group) is 1. The Morgan fingerprint density at radius 2 is 2.05 bits per heavy atom. The largest absolute Gasteiger partial charge is 0.459 e. The van der Waals surface area contributed by atoms with E-state index in [0.717, 1.165) is 19.4 Å². The summed E-state index contributed by atoms with van der Waals surface area (Å²) < 4.78 is 5.43. The van der Waals surface area contributed by atoms with E-state index in [0.29, 0.717) is 6.54 Å². The van der Waals surface area contributed by atoms with E-state index in [-0.39, 0.29) is 24.0 Å². The molecule has 110 valence electrons. The van der Waals surface area contributed by atoms with Gasteiger partial charge in [0, 0.05) is 6.54 Å². The van der Waals surface area contributed by atoms with E-state index in [2.05, 4.69) is 5.32 Å². The Morgan fingerprint density at radius 3 is 2.58 bits per heavy atom. The Labute approximate surface area is 115 Å². The van der Waals surface area contributed by atoms with Crippen molar-refractivity contribution in [3.63, 3.8) is 0 Å². The molecule has 0 spiro atoms. The van der Waals surface area contributed by atoms with E-state index in [4.69, 9.17) is 4.74 Å². The average Bonchev–Trinajstić information content (AvgIpc) is 2.74. The lowest BCUT2D eigenvalue weighted by Crippen LogP contribution is -2.50. The number of hydrogen-bond donors (Lipinski definition) is 1. The number of ether oxygens (including phenoxy) is 1. The molecule has 1 saturated heterocycles. The molecular formula is C14H26N2O3. The lowest BCUT2D eigenvalue weighted by molar-refractivity contribution is -0.161. The van der Waals surface area contributed by atoms with Gasteiger partial charge in [0.2, 0.25) is 5.91 Å². The van der Waals surface area contributed by atoms with Crippen LogP contribution < -0.4 is 5.32 Å². The predicted molar refractivity (Wildman–Crippen MR) is 73.7 cm³/mol. The third-order valence-corrected chi connectivity index (χ3v) is 3.20. The van der Waals surface area contributed by atoms with E-state index in [9.17, 15) is 9.59 Å². The molecule has 0 saturated carbocycles. The summed E-state index contributed by atoms with van der Waals surface area (Å²) in [5.41, 5.74) is -0.486. The molecule has 0 aromatic heterocycles. The average molecular weight is 270 g/mol. The van der Waals surface area contributed by atoms with Crippen molar-refractivity contribution in [2.24, 2.45) is 0 Å². The summed E-state index contributed by atoms with van der Waals surface area (Å²) >= 11 is 0. The van der Waals surface area contributed by atoms with Gasteiger partial charge in [0.15, 0.2) is 0 Å². The molecule has 1 N–H and O–H groups in total.